The van der Waals surface area contributed by atoms with Gasteiger partial charge in [-0.1, -0.05) is 43.4 Å². The molecule has 1 heterocycles. The van der Waals surface area contributed by atoms with E-state index < -0.39 is 5.41 Å². The van der Waals surface area contributed by atoms with Crippen molar-refractivity contribution in [1.82, 2.24) is 4.90 Å². The van der Waals surface area contributed by atoms with E-state index in [4.69, 9.17) is 0 Å². The third kappa shape index (κ3) is 5.96. The van der Waals surface area contributed by atoms with Crippen LogP contribution in [-0.4, -0.2) is 23.8 Å². The first-order chi connectivity index (χ1) is 13.7. The van der Waals surface area contributed by atoms with Gasteiger partial charge in [0.1, 0.15) is 17.9 Å². The summed E-state index contributed by atoms with van der Waals surface area (Å²) in [6.45, 7) is 12.5. The van der Waals surface area contributed by atoms with Gasteiger partial charge in [0.15, 0.2) is 0 Å². The van der Waals surface area contributed by atoms with Crippen LogP contribution in [0, 0.1) is 11.2 Å². The zero-order chi connectivity index (χ0) is 21.6. The number of aryl methyl sites for hydroxylation is 1. The summed E-state index contributed by atoms with van der Waals surface area (Å²) in [6, 6.07) is 5.66. The number of carbonyl (C=O) groups excluding carboxylic acids is 1. The second-order valence-corrected chi connectivity index (χ2v) is 8.48. The number of carbonyl (C=O) groups is 1. The molecule has 1 aromatic rings. The number of allylic oxidation sites excluding steroid dienone is 5. The highest BCUT2D eigenvalue weighted by atomic mass is 19.1. The molecule has 0 aliphatic carbocycles. The molecule has 0 radical (unpaired) electrons. The largest absolute Gasteiger partial charge is 0.303 e. The molecule has 29 heavy (non-hydrogen) atoms. The van der Waals surface area contributed by atoms with Crippen molar-refractivity contribution in [2.75, 3.05) is 6.54 Å². The maximum absolute atomic E-state index is 14.6. The van der Waals surface area contributed by atoms with Crippen LogP contribution in [0.4, 0.5) is 8.78 Å². The van der Waals surface area contributed by atoms with Crippen LogP contribution in [0.3, 0.4) is 0 Å². The molecule has 1 fully saturated rings. The van der Waals surface area contributed by atoms with E-state index in [1.54, 1.807) is 13.0 Å². The minimum absolute atomic E-state index is 0.112. The van der Waals surface area contributed by atoms with Crippen LogP contribution in [0.5, 0.6) is 0 Å². The molecule has 2 atom stereocenters. The monoisotopic (exact) mass is 401 g/mol. The number of likely N-dealkylation sites (tertiary alicyclic amines) is 1. The first kappa shape index (κ1) is 23.2. The first-order valence-corrected chi connectivity index (χ1v) is 10.4. The summed E-state index contributed by atoms with van der Waals surface area (Å²) in [4.78, 5) is 14.2. The second kappa shape index (κ2) is 10.1. The van der Waals surface area contributed by atoms with Gasteiger partial charge in [0, 0.05) is 23.6 Å². The van der Waals surface area contributed by atoms with Crippen LogP contribution in [0.1, 0.15) is 58.1 Å². The van der Waals surface area contributed by atoms with Crippen molar-refractivity contribution in [3.8, 4) is 0 Å². The molecular weight excluding hydrogens is 368 g/mol. The molecule has 1 saturated heterocycles. The number of benzene rings is 1. The summed E-state index contributed by atoms with van der Waals surface area (Å²) in [5.74, 6) is -0.428. The van der Waals surface area contributed by atoms with Crippen LogP contribution in [-0.2, 0) is 17.8 Å². The zero-order valence-electron chi connectivity index (χ0n) is 18.1. The standard InChI is InChI=1S/C25H33F2NO/c1-6-21-8-7-9-22(24(21)27)16-28-13-12-25(17-29,15-20(28)5)14-19(4)23(26)11-10-18(2)3/h7-11,17,20H,2,6,12-16H2,1,3-5H3/b11-10-,23-19-/t20-,25+/m1/s1. The van der Waals surface area contributed by atoms with Gasteiger partial charge in [-0.3, -0.25) is 4.90 Å². The summed E-state index contributed by atoms with van der Waals surface area (Å²) < 4.78 is 29.0. The van der Waals surface area contributed by atoms with E-state index >= 15 is 0 Å². The van der Waals surface area contributed by atoms with Gasteiger partial charge in [0.25, 0.3) is 0 Å². The molecule has 0 unspecified atom stereocenters. The van der Waals surface area contributed by atoms with E-state index in [0.717, 1.165) is 17.4 Å². The Morgan fingerprint density at radius 2 is 2.00 bits per heavy atom. The number of aldehydes is 1. The molecule has 0 saturated carbocycles. The van der Waals surface area contributed by atoms with Crippen LogP contribution >= 0.6 is 0 Å². The lowest BCUT2D eigenvalue weighted by Gasteiger charge is -2.43. The Hall–Kier alpha value is -2.07. The summed E-state index contributed by atoms with van der Waals surface area (Å²) in [5, 5.41) is 0. The minimum Gasteiger partial charge on any atom is -0.303 e. The van der Waals surface area contributed by atoms with E-state index in [-0.39, 0.29) is 17.7 Å². The average molecular weight is 402 g/mol. The van der Waals surface area contributed by atoms with Gasteiger partial charge < -0.3 is 4.79 Å². The fraction of sp³-hybridized carbons (Fsp3) is 0.480. The quantitative estimate of drug-likeness (QED) is 0.375. The molecule has 0 aromatic heterocycles. The highest BCUT2D eigenvalue weighted by Crippen LogP contribution is 2.40. The summed E-state index contributed by atoms with van der Waals surface area (Å²) in [7, 11) is 0. The normalized spacial score (nSPS) is 23.9. The smallest absolute Gasteiger partial charge is 0.130 e. The summed E-state index contributed by atoms with van der Waals surface area (Å²) in [5.41, 5.74) is 2.21. The Morgan fingerprint density at radius 3 is 2.59 bits per heavy atom. The molecule has 0 bridgehead atoms. The zero-order valence-corrected chi connectivity index (χ0v) is 18.1. The van der Waals surface area contributed by atoms with E-state index in [1.807, 2.05) is 32.0 Å². The van der Waals surface area contributed by atoms with Crippen molar-refractivity contribution < 1.29 is 13.6 Å². The van der Waals surface area contributed by atoms with Gasteiger partial charge in [-0.2, -0.15) is 0 Å². The average Bonchev–Trinajstić information content (AvgIpc) is 2.69. The van der Waals surface area contributed by atoms with Gasteiger partial charge >= 0.3 is 0 Å². The molecule has 4 heteroatoms. The Morgan fingerprint density at radius 1 is 1.31 bits per heavy atom. The van der Waals surface area contributed by atoms with Crippen molar-refractivity contribution in [2.45, 2.75) is 66.0 Å². The third-order valence-corrected chi connectivity index (χ3v) is 5.92. The van der Waals surface area contributed by atoms with Crippen molar-refractivity contribution in [2.24, 2.45) is 5.41 Å². The predicted molar refractivity (Wildman–Crippen MR) is 116 cm³/mol. The third-order valence-electron chi connectivity index (χ3n) is 5.92. The number of halogens is 2. The second-order valence-electron chi connectivity index (χ2n) is 8.48. The fourth-order valence-corrected chi connectivity index (χ4v) is 4.17. The minimum atomic E-state index is -0.571. The van der Waals surface area contributed by atoms with Crippen LogP contribution in [0.25, 0.3) is 0 Å². The SMILES string of the molecule is C=C(C)/C=C\C(F)=C(/C)C[C@@]1(C=O)CCN(Cc2cccc(CC)c2F)[C@H](C)C1. The lowest BCUT2D eigenvalue weighted by Crippen LogP contribution is -2.46. The number of piperidine rings is 1. The molecule has 0 N–H and O–H groups in total. The molecule has 2 nitrogen and oxygen atoms in total. The molecule has 1 aromatic carbocycles. The molecular formula is C25H33F2NO. The van der Waals surface area contributed by atoms with Gasteiger partial charge in [-0.15, -0.1) is 0 Å². The molecule has 1 aliphatic heterocycles. The Kier molecular flexibility index (Phi) is 8.09. The van der Waals surface area contributed by atoms with Crippen LogP contribution in [0.15, 0.2) is 53.9 Å². The number of hydrogen-bond acceptors (Lipinski definition) is 2. The molecule has 2 rings (SSSR count). The van der Waals surface area contributed by atoms with Crippen molar-refractivity contribution in [3.05, 3.63) is 70.8 Å². The van der Waals surface area contributed by atoms with Crippen LogP contribution in [0.2, 0.25) is 0 Å². The molecule has 0 spiro atoms. The molecule has 0 amide bonds. The summed E-state index contributed by atoms with van der Waals surface area (Å²) in [6.07, 6.45) is 6.40. The van der Waals surface area contributed by atoms with E-state index in [1.165, 1.54) is 6.08 Å². The first-order valence-electron chi connectivity index (χ1n) is 10.4. The van der Waals surface area contributed by atoms with Gasteiger partial charge in [0.2, 0.25) is 0 Å². The maximum Gasteiger partial charge on any atom is 0.130 e. The number of nitrogens with zero attached hydrogens (tertiary/aromatic N) is 1. The molecule has 158 valence electrons. The molecule has 1 aliphatic rings. The van der Waals surface area contributed by atoms with E-state index in [0.29, 0.717) is 49.9 Å². The van der Waals surface area contributed by atoms with Crippen molar-refractivity contribution >= 4 is 6.29 Å². The van der Waals surface area contributed by atoms with E-state index in [2.05, 4.69) is 18.4 Å². The highest BCUT2D eigenvalue weighted by Gasteiger charge is 2.38. The fourth-order valence-electron chi connectivity index (χ4n) is 4.17. The lowest BCUT2D eigenvalue weighted by atomic mass is 9.72. The number of rotatable bonds is 8. The Labute approximate surface area is 174 Å². The predicted octanol–water partition coefficient (Wildman–Crippen LogP) is 6.32. The van der Waals surface area contributed by atoms with Gasteiger partial charge in [-0.05, 0) is 70.2 Å². The highest BCUT2D eigenvalue weighted by molar-refractivity contribution is 5.60. The number of hydrogen-bond donors (Lipinski definition) is 0. The van der Waals surface area contributed by atoms with Crippen molar-refractivity contribution in [1.29, 1.82) is 0 Å². The topological polar surface area (TPSA) is 20.3 Å². The Bertz CT molecular complexity index is 811. The van der Waals surface area contributed by atoms with Crippen molar-refractivity contribution in [3.63, 3.8) is 0 Å². The lowest BCUT2D eigenvalue weighted by molar-refractivity contribution is -0.120. The maximum atomic E-state index is 14.6. The summed E-state index contributed by atoms with van der Waals surface area (Å²) >= 11 is 0. The van der Waals surface area contributed by atoms with Gasteiger partial charge in [0.05, 0.1) is 0 Å². The van der Waals surface area contributed by atoms with Gasteiger partial charge in [-0.25, -0.2) is 8.78 Å². The Balaban J connectivity index is 2.11. The van der Waals surface area contributed by atoms with Crippen LogP contribution < -0.4 is 0 Å². The van der Waals surface area contributed by atoms with E-state index in [9.17, 15) is 13.6 Å².